The van der Waals surface area contributed by atoms with Crippen LogP contribution in [0.2, 0.25) is 5.02 Å². The minimum atomic E-state index is -0.0340. The number of hydrogen-bond donors (Lipinski definition) is 1. The van der Waals surface area contributed by atoms with Crippen LogP contribution >= 0.6 is 11.6 Å². The molecule has 3 rings (SSSR count). The molecule has 0 aliphatic rings. The summed E-state index contributed by atoms with van der Waals surface area (Å²) >= 11 is 6.06. The molecule has 1 unspecified atom stereocenters. The highest BCUT2D eigenvalue weighted by atomic mass is 35.5. The van der Waals surface area contributed by atoms with Gasteiger partial charge in [-0.1, -0.05) is 23.7 Å². The van der Waals surface area contributed by atoms with Crippen molar-refractivity contribution in [2.24, 2.45) is 0 Å². The van der Waals surface area contributed by atoms with Gasteiger partial charge in [-0.25, -0.2) is 4.98 Å². The lowest BCUT2D eigenvalue weighted by molar-refractivity contribution is 0.399. The second kappa shape index (κ2) is 5.26. The van der Waals surface area contributed by atoms with Crippen molar-refractivity contribution in [1.29, 1.82) is 0 Å². The summed E-state index contributed by atoms with van der Waals surface area (Å²) in [5.41, 5.74) is 8.53. The van der Waals surface area contributed by atoms with Crippen molar-refractivity contribution in [3.05, 3.63) is 47.0 Å². The smallest absolute Gasteiger partial charge is 0.215 e. The number of methoxy groups -OCH3 is 1. The highest BCUT2D eigenvalue weighted by molar-refractivity contribution is 6.30. The van der Waals surface area contributed by atoms with E-state index in [2.05, 4.69) is 9.97 Å². The summed E-state index contributed by atoms with van der Waals surface area (Å²) in [4.78, 5) is 8.80. The molecule has 5 nitrogen and oxygen atoms in total. The van der Waals surface area contributed by atoms with E-state index in [9.17, 15) is 0 Å². The first-order valence-corrected chi connectivity index (χ1v) is 6.92. The van der Waals surface area contributed by atoms with Crippen molar-refractivity contribution in [3.8, 4) is 5.88 Å². The van der Waals surface area contributed by atoms with Gasteiger partial charge in [-0.3, -0.25) is 4.57 Å². The predicted octanol–water partition coefficient (Wildman–Crippen LogP) is 3.28. The van der Waals surface area contributed by atoms with Gasteiger partial charge in [-0.05, 0) is 30.7 Å². The molecule has 0 aliphatic carbocycles. The first-order valence-electron chi connectivity index (χ1n) is 6.54. The van der Waals surface area contributed by atoms with E-state index in [1.165, 1.54) is 0 Å². The highest BCUT2D eigenvalue weighted by Gasteiger charge is 2.17. The van der Waals surface area contributed by atoms with Gasteiger partial charge in [0.05, 0.1) is 13.2 Å². The van der Waals surface area contributed by atoms with Crippen LogP contribution in [0.4, 0.5) is 5.95 Å². The van der Waals surface area contributed by atoms with Gasteiger partial charge in [0.2, 0.25) is 11.8 Å². The fourth-order valence-electron chi connectivity index (χ4n) is 2.39. The molecular formula is C15H15ClN4O. The van der Waals surface area contributed by atoms with E-state index >= 15 is 0 Å². The van der Waals surface area contributed by atoms with Gasteiger partial charge in [-0.15, -0.1) is 0 Å². The number of pyridine rings is 1. The summed E-state index contributed by atoms with van der Waals surface area (Å²) in [6.07, 6.45) is 0. The number of imidazole rings is 1. The Balaban J connectivity index is 2.16. The van der Waals surface area contributed by atoms with Gasteiger partial charge >= 0.3 is 0 Å². The van der Waals surface area contributed by atoms with Crippen LogP contribution in [0, 0.1) is 0 Å². The van der Waals surface area contributed by atoms with Crippen molar-refractivity contribution in [2.75, 3.05) is 12.8 Å². The van der Waals surface area contributed by atoms with Gasteiger partial charge in [0.1, 0.15) is 5.52 Å². The van der Waals surface area contributed by atoms with E-state index < -0.39 is 0 Å². The van der Waals surface area contributed by atoms with Gasteiger partial charge in [0.15, 0.2) is 5.65 Å². The van der Waals surface area contributed by atoms with Crippen molar-refractivity contribution >= 4 is 28.7 Å². The van der Waals surface area contributed by atoms with Crippen molar-refractivity contribution in [3.63, 3.8) is 0 Å². The number of hydrogen-bond acceptors (Lipinski definition) is 4. The van der Waals surface area contributed by atoms with Gasteiger partial charge in [-0.2, -0.15) is 4.98 Å². The average molecular weight is 303 g/mol. The zero-order valence-corrected chi connectivity index (χ0v) is 12.5. The maximum absolute atomic E-state index is 6.06. The second-order valence-electron chi connectivity index (χ2n) is 4.77. The number of nitrogens with two attached hydrogens (primary N) is 1. The van der Waals surface area contributed by atoms with Crippen LogP contribution in [-0.2, 0) is 0 Å². The molecule has 0 saturated heterocycles. The Labute approximate surface area is 127 Å². The van der Waals surface area contributed by atoms with E-state index in [-0.39, 0.29) is 6.04 Å². The molecule has 0 radical (unpaired) electrons. The largest absolute Gasteiger partial charge is 0.481 e. The molecule has 21 heavy (non-hydrogen) atoms. The Hall–Kier alpha value is -2.27. The molecule has 1 atom stereocenters. The minimum absolute atomic E-state index is 0.0340. The van der Waals surface area contributed by atoms with Crippen LogP contribution in [0.3, 0.4) is 0 Å². The summed E-state index contributed by atoms with van der Waals surface area (Å²) in [7, 11) is 1.58. The van der Waals surface area contributed by atoms with Crippen molar-refractivity contribution in [1.82, 2.24) is 14.5 Å². The SMILES string of the molecule is COc1ccc2nc(N)n(C(C)c3cccc(Cl)c3)c2n1. The fraction of sp³-hybridized carbons (Fsp3) is 0.200. The fourth-order valence-corrected chi connectivity index (χ4v) is 2.58. The maximum Gasteiger partial charge on any atom is 0.215 e. The Morgan fingerprint density at radius 1 is 1.24 bits per heavy atom. The number of nitrogen functional groups attached to an aromatic ring is 1. The lowest BCUT2D eigenvalue weighted by Gasteiger charge is -2.16. The molecule has 2 N–H and O–H groups in total. The van der Waals surface area contributed by atoms with Gasteiger partial charge in [0.25, 0.3) is 0 Å². The number of fused-ring (bicyclic) bond motifs is 1. The van der Waals surface area contributed by atoms with E-state index in [1.807, 2.05) is 41.8 Å². The number of rotatable bonds is 3. The monoisotopic (exact) mass is 302 g/mol. The molecule has 2 aromatic heterocycles. The lowest BCUT2D eigenvalue weighted by Crippen LogP contribution is -2.11. The van der Waals surface area contributed by atoms with E-state index in [0.29, 0.717) is 22.5 Å². The second-order valence-corrected chi connectivity index (χ2v) is 5.20. The number of anilines is 1. The topological polar surface area (TPSA) is 66.0 Å². The Morgan fingerprint density at radius 3 is 2.76 bits per heavy atom. The van der Waals surface area contributed by atoms with Gasteiger partial charge in [0, 0.05) is 11.1 Å². The number of nitrogens with zero attached hydrogens (tertiary/aromatic N) is 3. The normalized spacial score (nSPS) is 12.5. The van der Waals surface area contributed by atoms with Crippen LogP contribution in [0.1, 0.15) is 18.5 Å². The molecule has 1 aromatic carbocycles. The molecule has 3 aromatic rings. The molecule has 0 aliphatic heterocycles. The number of ether oxygens (including phenoxy) is 1. The molecule has 2 heterocycles. The van der Waals surface area contributed by atoms with Crippen LogP contribution in [0.15, 0.2) is 36.4 Å². The van der Waals surface area contributed by atoms with Gasteiger partial charge < -0.3 is 10.5 Å². The molecule has 0 amide bonds. The first-order chi connectivity index (χ1) is 10.1. The van der Waals surface area contributed by atoms with Crippen LogP contribution in [-0.4, -0.2) is 21.6 Å². The summed E-state index contributed by atoms with van der Waals surface area (Å²) in [6, 6.07) is 11.3. The molecule has 108 valence electrons. The first kappa shape index (κ1) is 13.7. The highest BCUT2D eigenvalue weighted by Crippen LogP contribution is 2.28. The lowest BCUT2D eigenvalue weighted by atomic mass is 10.1. The van der Waals surface area contributed by atoms with Crippen LogP contribution in [0.25, 0.3) is 11.2 Å². The quantitative estimate of drug-likeness (QED) is 0.806. The summed E-state index contributed by atoms with van der Waals surface area (Å²) < 4.78 is 7.06. The Bertz CT molecular complexity index is 799. The minimum Gasteiger partial charge on any atom is -0.481 e. The molecule has 0 spiro atoms. The predicted molar refractivity (Wildman–Crippen MR) is 83.8 cm³/mol. The third-order valence-electron chi connectivity index (χ3n) is 3.47. The molecular weight excluding hydrogens is 288 g/mol. The van der Waals surface area contributed by atoms with Crippen LogP contribution in [0.5, 0.6) is 5.88 Å². The standard InChI is InChI=1S/C15H15ClN4O/c1-9(10-4-3-5-11(16)8-10)20-14-12(18-15(20)17)6-7-13(19-14)21-2/h3-9H,1-2H3,(H2,17,18). The number of aromatic nitrogens is 3. The Kier molecular flexibility index (Phi) is 3.43. The molecule has 0 saturated carbocycles. The maximum atomic E-state index is 6.06. The van der Waals surface area contributed by atoms with E-state index in [0.717, 1.165) is 11.1 Å². The third-order valence-corrected chi connectivity index (χ3v) is 3.70. The number of halogens is 1. The average Bonchev–Trinajstić information content (AvgIpc) is 2.81. The Morgan fingerprint density at radius 2 is 2.05 bits per heavy atom. The zero-order valence-electron chi connectivity index (χ0n) is 11.7. The van der Waals surface area contributed by atoms with Crippen molar-refractivity contribution < 1.29 is 4.74 Å². The molecule has 6 heteroatoms. The molecule has 0 bridgehead atoms. The van der Waals surface area contributed by atoms with E-state index in [1.54, 1.807) is 13.2 Å². The van der Waals surface area contributed by atoms with Crippen LogP contribution < -0.4 is 10.5 Å². The molecule has 0 fully saturated rings. The summed E-state index contributed by atoms with van der Waals surface area (Å²) in [5.74, 6) is 0.945. The third kappa shape index (κ3) is 2.40. The summed E-state index contributed by atoms with van der Waals surface area (Å²) in [5, 5.41) is 0.688. The zero-order chi connectivity index (χ0) is 15.0. The van der Waals surface area contributed by atoms with E-state index in [4.69, 9.17) is 22.1 Å². The number of benzene rings is 1. The summed E-state index contributed by atoms with van der Waals surface area (Å²) in [6.45, 7) is 2.03. The van der Waals surface area contributed by atoms with Crippen molar-refractivity contribution in [2.45, 2.75) is 13.0 Å².